The Hall–Kier alpha value is -1.52. The molecular weight excluding hydrogens is 214 g/mol. The van der Waals surface area contributed by atoms with Gasteiger partial charge in [0, 0.05) is 17.6 Å². The summed E-state index contributed by atoms with van der Waals surface area (Å²) in [6.45, 7) is 0. The number of ether oxygens (including phenoxy) is 1. The van der Waals surface area contributed by atoms with E-state index < -0.39 is 0 Å². The molecule has 80 valence electrons. The Balaban J connectivity index is 0.00000112. The Morgan fingerprint density at radius 3 is 2.80 bits per heavy atom. The maximum atomic E-state index is 5.38. The Labute approximate surface area is 93.8 Å². The van der Waals surface area contributed by atoms with Crippen molar-refractivity contribution in [3.05, 3.63) is 30.5 Å². The first-order valence-electron chi connectivity index (χ1n) is 4.24. The van der Waals surface area contributed by atoms with Gasteiger partial charge in [-0.2, -0.15) is 0 Å². The number of anilines is 1. The molecule has 0 atom stereocenters. The van der Waals surface area contributed by atoms with Crippen molar-refractivity contribution in [3.8, 4) is 5.75 Å². The zero-order chi connectivity index (χ0) is 9.97. The number of aromatic nitrogens is 1. The van der Waals surface area contributed by atoms with Crippen LogP contribution in [0.4, 0.5) is 5.69 Å². The molecule has 3 N–H and O–H groups in total. The number of hydrogen-bond donors (Lipinski definition) is 2. The lowest BCUT2D eigenvalue weighted by atomic mass is 10.2. The van der Waals surface area contributed by atoms with Gasteiger partial charge in [-0.15, -0.1) is 12.4 Å². The lowest BCUT2D eigenvalue weighted by Crippen LogP contribution is -2.07. The molecule has 1 aromatic carbocycles. The minimum absolute atomic E-state index is 0. The number of nitrogens with one attached hydrogen (secondary N) is 1. The van der Waals surface area contributed by atoms with E-state index in [0.29, 0.717) is 0 Å². The van der Waals surface area contributed by atoms with Crippen molar-refractivity contribution in [2.24, 2.45) is 5.84 Å². The van der Waals surface area contributed by atoms with Gasteiger partial charge < -0.3 is 10.2 Å². The molecule has 1 aromatic heterocycles. The SMILES string of the molecule is COc1ccc2c(NN)ccnc2c1.Cl. The van der Waals surface area contributed by atoms with Crippen molar-refractivity contribution in [1.82, 2.24) is 4.98 Å². The van der Waals surface area contributed by atoms with Crippen LogP contribution in [0.15, 0.2) is 30.5 Å². The van der Waals surface area contributed by atoms with Gasteiger partial charge in [-0.3, -0.25) is 10.8 Å². The van der Waals surface area contributed by atoms with Crippen molar-refractivity contribution < 1.29 is 4.74 Å². The van der Waals surface area contributed by atoms with E-state index in [1.165, 1.54) is 0 Å². The van der Waals surface area contributed by atoms with E-state index >= 15 is 0 Å². The maximum Gasteiger partial charge on any atom is 0.121 e. The molecule has 0 aliphatic heterocycles. The monoisotopic (exact) mass is 225 g/mol. The fourth-order valence-corrected chi connectivity index (χ4v) is 1.38. The molecule has 1 heterocycles. The molecule has 5 heteroatoms. The molecule has 0 unspecified atom stereocenters. The number of nitrogens with two attached hydrogens (primary N) is 1. The van der Waals surface area contributed by atoms with Crippen LogP contribution in [0, 0.1) is 0 Å². The Morgan fingerprint density at radius 1 is 1.33 bits per heavy atom. The van der Waals surface area contributed by atoms with Crippen molar-refractivity contribution in [1.29, 1.82) is 0 Å². The predicted octanol–water partition coefficient (Wildman–Crippen LogP) is 1.95. The van der Waals surface area contributed by atoms with E-state index in [1.807, 2.05) is 24.3 Å². The highest BCUT2D eigenvalue weighted by Crippen LogP contribution is 2.24. The number of pyridine rings is 1. The number of nitrogens with zero attached hydrogens (tertiary/aromatic N) is 1. The van der Waals surface area contributed by atoms with Gasteiger partial charge >= 0.3 is 0 Å². The molecule has 4 nitrogen and oxygen atoms in total. The summed E-state index contributed by atoms with van der Waals surface area (Å²) in [5.41, 5.74) is 4.35. The number of benzene rings is 1. The second-order valence-electron chi connectivity index (χ2n) is 2.89. The number of halogens is 1. The molecule has 0 radical (unpaired) electrons. The summed E-state index contributed by atoms with van der Waals surface area (Å²) in [6.07, 6.45) is 1.71. The van der Waals surface area contributed by atoms with Gasteiger partial charge in [0.25, 0.3) is 0 Å². The average Bonchev–Trinajstić information content (AvgIpc) is 2.27. The summed E-state index contributed by atoms with van der Waals surface area (Å²) >= 11 is 0. The van der Waals surface area contributed by atoms with Gasteiger partial charge in [0.2, 0.25) is 0 Å². The zero-order valence-corrected chi connectivity index (χ0v) is 9.04. The molecule has 0 saturated heterocycles. The van der Waals surface area contributed by atoms with Gasteiger partial charge in [-0.05, 0) is 18.2 Å². The summed E-state index contributed by atoms with van der Waals surface area (Å²) < 4.78 is 5.10. The summed E-state index contributed by atoms with van der Waals surface area (Å²) in [6, 6.07) is 7.51. The van der Waals surface area contributed by atoms with Crippen LogP contribution in [0.25, 0.3) is 10.9 Å². The van der Waals surface area contributed by atoms with Crippen LogP contribution in [0.5, 0.6) is 5.75 Å². The van der Waals surface area contributed by atoms with Crippen LogP contribution in [0.2, 0.25) is 0 Å². The molecule has 2 aromatic rings. The second-order valence-corrected chi connectivity index (χ2v) is 2.89. The molecule has 0 amide bonds. The summed E-state index contributed by atoms with van der Waals surface area (Å²) in [4.78, 5) is 4.22. The molecule has 0 spiro atoms. The highest BCUT2D eigenvalue weighted by molar-refractivity contribution is 5.91. The number of hydrogen-bond acceptors (Lipinski definition) is 4. The lowest BCUT2D eigenvalue weighted by Gasteiger charge is -2.05. The third-order valence-corrected chi connectivity index (χ3v) is 2.11. The summed E-state index contributed by atoms with van der Waals surface area (Å²) in [5.74, 6) is 6.17. The first-order valence-corrected chi connectivity index (χ1v) is 4.24. The molecular formula is C10H12ClN3O. The van der Waals surface area contributed by atoms with E-state index in [-0.39, 0.29) is 12.4 Å². The van der Waals surface area contributed by atoms with Crippen LogP contribution < -0.4 is 16.0 Å². The summed E-state index contributed by atoms with van der Waals surface area (Å²) in [5, 5.41) is 0.982. The Kier molecular flexibility index (Phi) is 3.71. The molecule has 0 fully saturated rings. The van der Waals surface area contributed by atoms with Crippen molar-refractivity contribution in [2.45, 2.75) is 0 Å². The number of hydrazine groups is 1. The fraction of sp³-hybridized carbons (Fsp3) is 0.100. The lowest BCUT2D eigenvalue weighted by molar-refractivity contribution is 0.415. The fourth-order valence-electron chi connectivity index (χ4n) is 1.38. The average molecular weight is 226 g/mol. The number of rotatable bonds is 2. The molecule has 0 bridgehead atoms. The minimum atomic E-state index is 0. The largest absolute Gasteiger partial charge is 0.497 e. The molecule has 0 saturated carbocycles. The van der Waals surface area contributed by atoms with E-state index in [1.54, 1.807) is 13.3 Å². The van der Waals surface area contributed by atoms with Gasteiger partial charge in [-0.1, -0.05) is 0 Å². The van der Waals surface area contributed by atoms with Gasteiger partial charge in [0.15, 0.2) is 0 Å². The Bertz CT molecular complexity index is 461. The molecule has 0 aliphatic carbocycles. The van der Waals surface area contributed by atoms with Crippen molar-refractivity contribution >= 4 is 29.0 Å². The highest BCUT2D eigenvalue weighted by Gasteiger charge is 2.01. The van der Waals surface area contributed by atoms with Gasteiger partial charge in [0.1, 0.15) is 5.75 Å². The summed E-state index contributed by atoms with van der Waals surface area (Å²) in [7, 11) is 1.63. The van der Waals surface area contributed by atoms with E-state index in [4.69, 9.17) is 10.6 Å². The van der Waals surface area contributed by atoms with E-state index in [9.17, 15) is 0 Å². The molecule has 15 heavy (non-hydrogen) atoms. The number of nitrogen functional groups attached to an aromatic ring is 1. The first-order chi connectivity index (χ1) is 6.85. The topological polar surface area (TPSA) is 60.2 Å². The van der Waals surface area contributed by atoms with Crippen LogP contribution >= 0.6 is 12.4 Å². The Morgan fingerprint density at radius 2 is 2.13 bits per heavy atom. The van der Waals surface area contributed by atoms with Crippen LogP contribution in [0.1, 0.15) is 0 Å². The normalized spacial score (nSPS) is 9.47. The van der Waals surface area contributed by atoms with Crippen LogP contribution in [-0.2, 0) is 0 Å². The third-order valence-electron chi connectivity index (χ3n) is 2.11. The van der Waals surface area contributed by atoms with Gasteiger partial charge in [-0.25, -0.2) is 0 Å². The second kappa shape index (κ2) is 4.82. The van der Waals surface area contributed by atoms with Crippen LogP contribution in [-0.4, -0.2) is 12.1 Å². The maximum absolute atomic E-state index is 5.38. The smallest absolute Gasteiger partial charge is 0.121 e. The zero-order valence-electron chi connectivity index (χ0n) is 8.23. The molecule has 2 rings (SSSR count). The first kappa shape index (κ1) is 11.6. The van der Waals surface area contributed by atoms with E-state index in [0.717, 1.165) is 22.3 Å². The van der Waals surface area contributed by atoms with Crippen molar-refractivity contribution in [2.75, 3.05) is 12.5 Å². The number of fused-ring (bicyclic) bond motifs is 1. The standard InChI is InChI=1S/C10H11N3O.ClH/c1-14-7-2-3-8-9(13-11)4-5-12-10(8)6-7;/h2-6H,11H2,1H3,(H,12,13);1H. The van der Waals surface area contributed by atoms with Crippen molar-refractivity contribution in [3.63, 3.8) is 0 Å². The third kappa shape index (κ3) is 2.11. The predicted molar refractivity (Wildman–Crippen MR) is 63.4 cm³/mol. The highest BCUT2D eigenvalue weighted by atomic mass is 35.5. The van der Waals surface area contributed by atoms with Crippen LogP contribution in [0.3, 0.4) is 0 Å². The quantitative estimate of drug-likeness (QED) is 0.606. The number of methoxy groups -OCH3 is 1. The molecule has 0 aliphatic rings. The van der Waals surface area contributed by atoms with E-state index in [2.05, 4.69) is 10.4 Å². The van der Waals surface area contributed by atoms with Gasteiger partial charge in [0.05, 0.1) is 18.3 Å². The minimum Gasteiger partial charge on any atom is -0.497 e.